The molecule has 0 spiro atoms. The standard InChI is InChI=1S/C15H26N2O/c1-16-15(12-6-3-2-4-7-12)14-10-17-9-5-8-13(17)11-18-14/h6,13-16H,2-5,7-11H2,1H3. The molecule has 3 atom stereocenters. The molecule has 0 aromatic heterocycles. The van der Waals surface area contributed by atoms with Crippen molar-refractivity contribution in [1.82, 2.24) is 10.2 Å². The van der Waals surface area contributed by atoms with Crippen molar-refractivity contribution in [2.24, 2.45) is 0 Å². The summed E-state index contributed by atoms with van der Waals surface area (Å²) in [5, 5.41) is 3.50. The number of nitrogens with one attached hydrogen (secondary N) is 1. The minimum Gasteiger partial charge on any atom is -0.373 e. The molecule has 0 aromatic carbocycles. The van der Waals surface area contributed by atoms with Gasteiger partial charge in [-0.3, -0.25) is 4.90 Å². The van der Waals surface area contributed by atoms with Crippen LogP contribution in [-0.2, 0) is 4.74 Å². The Morgan fingerprint density at radius 3 is 3.11 bits per heavy atom. The summed E-state index contributed by atoms with van der Waals surface area (Å²) in [7, 11) is 2.08. The van der Waals surface area contributed by atoms with Crippen LogP contribution in [0.15, 0.2) is 11.6 Å². The number of rotatable bonds is 3. The van der Waals surface area contributed by atoms with E-state index in [-0.39, 0.29) is 0 Å². The lowest BCUT2D eigenvalue weighted by Gasteiger charge is -2.40. The Balaban J connectivity index is 1.66. The fraction of sp³-hybridized carbons (Fsp3) is 0.867. The van der Waals surface area contributed by atoms with Crippen LogP contribution in [0, 0.1) is 0 Å². The molecule has 2 saturated heterocycles. The Morgan fingerprint density at radius 1 is 1.39 bits per heavy atom. The van der Waals surface area contributed by atoms with Gasteiger partial charge in [0.15, 0.2) is 0 Å². The van der Waals surface area contributed by atoms with E-state index in [0.717, 1.165) is 13.2 Å². The Hall–Kier alpha value is -0.380. The molecular weight excluding hydrogens is 224 g/mol. The lowest BCUT2D eigenvalue weighted by atomic mass is 9.90. The fourth-order valence-corrected chi connectivity index (χ4v) is 3.80. The number of morpholine rings is 1. The molecule has 102 valence electrons. The normalized spacial score (nSPS) is 35.1. The third-order valence-electron chi connectivity index (χ3n) is 4.82. The van der Waals surface area contributed by atoms with Crippen molar-refractivity contribution in [3.63, 3.8) is 0 Å². The van der Waals surface area contributed by atoms with E-state index >= 15 is 0 Å². The van der Waals surface area contributed by atoms with E-state index in [0.29, 0.717) is 18.2 Å². The molecule has 2 heterocycles. The molecule has 3 unspecified atom stereocenters. The third-order valence-corrected chi connectivity index (χ3v) is 4.82. The molecule has 1 aliphatic carbocycles. The molecule has 3 rings (SSSR count). The van der Waals surface area contributed by atoms with Crippen LogP contribution in [0.5, 0.6) is 0 Å². The third kappa shape index (κ3) is 2.49. The van der Waals surface area contributed by atoms with E-state index in [1.165, 1.54) is 45.1 Å². The molecular formula is C15H26N2O. The van der Waals surface area contributed by atoms with Gasteiger partial charge in [0.1, 0.15) is 0 Å². The minimum atomic E-state index is 0.355. The molecule has 18 heavy (non-hydrogen) atoms. The average Bonchev–Trinajstić information content (AvgIpc) is 2.88. The van der Waals surface area contributed by atoms with Crippen LogP contribution in [0.4, 0.5) is 0 Å². The highest BCUT2D eigenvalue weighted by Crippen LogP contribution is 2.28. The molecule has 3 aliphatic rings. The van der Waals surface area contributed by atoms with Crippen LogP contribution in [0.1, 0.15) is 38.5 Å². The van der Waals surface area contributed by atoms with Gasteiger partial charge in [-0.1, -0.05) is 11.6 Å². The van der Waals surface area contributed by atoms with Crippen LogP contribution in [0.3, 0.4) is 0 Å². The molecule has 0 radical (unpaired) electrons. The molecule has 1 N–H and O–H groups in total. The molecule has 0 amide bonds. The fourth-order valence-electron chi connectivity index (χ4n) is 3.80. The Morgan fingerprint density at radius 2 is 2.33 bits per heavy atom. The van der Waals surface area contributed by atoms with Gasteiger partial charge >= 0.3 is 0 Å². The van der Waals surface area contributed by atoms with Gasteiger partial charge < -0.3 is 10.1 Å². The van der Waals surface area contributed by atoms with E-state index in [4.69, 9.17) is 4.74 Å². The van der Waals surface area contributed by atoms with Crippen LogP contribution >= 0.6 is 0 Å². The summed E-state index contributed by atoms with van der Waals surface area (Å²) in [6.45, 7) is 3.34. The lowest BCUT2D eigenvalue weighted by Crippen LogP contribution is -2.54. The predicted octanol–water partition coefficient (Wildman–Crippen LogP) is 1.94. The first kappa shape index (κ1) is 12.6. The molecule has 0 aromatic rings. The van der Waals surface area contributed by atoms with Gasteiger partial charge in [-0.25, -0.2) is 0 Å². The number of nitrogens with zero attached hydrogens (tertiary/aromatic N) is 1. The van der Waals surface area contributed by atoms with Gasteiger partial charge in [0.05, 0.1) is 18.8 Å². The SMILES string of the molecule is CNC(C1=CCCCC1)C1CN2CCCC2CO1. The zero-order valence-corrected chi connectivity index (χ0v) is 11.5. The van der Waals surface area contributed by atoms with Gasteiger partial charge in [-0.2, -0.15) is 0 Å². The van der Waals surface area contributed by atoms with E-state index < -0.39 is 0 Å². The van der Waals surface area contributed by atoms with E-state index in [9.17, 15) is 0 Å². The minimum absolute atomic E-state index is 0.355. The monoisotopic (exact) mass is 250 g/mol. The smallest absolute Gasteiger partial charge is 0.0893 e. The zero-order chi connectivity index (χ0) is 12.4. The Bertz CT molecular complexity index is 316. The molecule has 3 nitrogen and oxygen atoms in total. The maximum atomic E-state index is 6.15. The topological polar surface area (TPSA) is 24.5 Å². The first-order valence-electron chi connectivity index (χ1n) is 7.60. The summed E-state index contributed by atoms with van der Waals surface area (Å²) in [6, 6.07) is 1.14. The highest BCUT2D eigenvalue weighted by Gasteiger charge is 2.36. The van der Waals surface area contributed by atoms with Crippen molar-refractivity contribution >= 4 is 0 Å². The van der Waals surface area contributed by atoms with E-state index in [2.05, 4.69) is 23.3 Å². The molecule has 2 fully saturated rings. The molecule has 3 heteroatoms. The number of allylic oxidation sites excluding steroid dienone is 1. The highest BCUT2D eigenvalue weighted by molar-refractivity contribution is 5.16. The summed E-state index contributed by atoms with van der Waals surface area (Å²) in [6.07, 6.45) is 10.7. The molecule has 0 bridgehead atoms. The average molecular weight is 250 g/mol. The summed E-state index contributed by atoms with van der Waals surface area (Å²) in [4.78, 5) is 2.64. The van der Waals surface area contributed by atoms with Gasteiger partial charge in [0.25, 0.3) is 0 Å². The second-order valence-corrected chi connectivity index (χ2v) is 5.95. The largest absolute Gasteiger partial charge is 0.373 e. The van der Waals surface area contributed by atoms with Gasteiger partial charge in [0, 0.05) is 12.6 Å². The van der Waals surface area contributed by atoms with Crippen LogP contribution in [0.2, 0.25) is 0 Å². The van der Waals surface area contributed by atoms with E-state index in [1.54, 1.807) is 5.57 Å². The van der Waals surface area contributed by atoms with Crippen LogP contribution in [-0.4, -0.2) is 49.8 Å². The molecule has 2 aliphatic heterocycles. The number of fused-ring (bicyclic) bond motifs is 1. The van der Waals surface area contributed by atoms with Crippen LogP contribution < -0.4 is 5.32 Å². The summed E-state index contributed by atoms with van der Waals surface area (Å²) < 4.78 is 6.15. The van der Waals surface area contributed by atoms with Crippen molar-refractivity contribution in [3.05, 3.63) is 11.6 Å². The second kappa shape index (κ2) is 5.72. The van der Waals surface area contributed by atoms with Crippen molar-refractivity contribution in [3.8, 4) is 0 Å². The van der Waals surface area contributed by atoms with Gasteiger partial charge in [-0.15, -0.1) is 0 Å². The van der Waals surface area contributed by atoms with Crippen molar-refractivity contribution in [1.29, 1.82) is 0 Å². The Kier molecular flexibility index (Phi) is 4.02. The molecule has 0 saturated carbocycles. The first-order valence-corrected chi connectivity index (χ1v) is 7.60. The first-order chi connectivity index (χ1) is 8.88. The van der Waals surface area contributed by atoms with E-state index in [1.807, 2.05) is 0 Å². The Labute approximate surface area is 111 Å². The van der Waals surface area contributed by atoms with Crippen molar-refractivity contribution < 1.29 is 4.74 Å². The maximum Gasteiger partial charge on any atom is 0.0893 e. The van der Waals surface area contributed by atoms with Crippen LogP contribution in [0.25, 0.3) is 0 Å². The summed E-state index contributed by atoms with van der Waals surface area (Å²) >= 11 is 0. The summed E-state index contributed by atoms with van der Waals surface area (Å²) in [5.41, 5.74) is 1.59. The van der Waals surface area contributed by atoms with Gasteiger partial charge in [0.2, 0.25) is 0 Å². The highest BCUT2D eigenvalue weighted by atomic mass is 16.5. The lowest BCUT2D eigenvalue weighted by molar-refractivity contribution is -0.0588. The maximum absolute atomic E-state index is 6.15. The van der Waals surface area contributed by atoms with Gasteiger partial charge in [-0.05, 0) is 52.1 Å². The predicted molar refractivity (Wildman–Crippen MR) is 73.7 cm³/mol. The number of hydrogen-bond acceptors (Lipinski definition) is 3. The summed E-state index contributed by atoms with van der Waals surface area (Å²) in [5.74, 6) is 0. The quantitative estimate of drug-likeness (QED) is 0.775. The number of hydrogen-bond donors (Lipinski definition) is 1. The second-order valence-electron chi connectivity index (χ2n) is 5.95. The number of likely N-dealkylation sites (N-methyl/N-ethyl adjacent to an activating group) is 1. The zero-order valence-electron chi connectivity index (χ0n) is 11.5. The van der Waals surface area contributed by atoms with Crippen molar-refractivity contribution in [2.75, 3.05) is 26.7 Å². The number of ether oxygens (including phenoxy) is 1. The van der Waals surface area contributed by atoms with Crippen molar-refractivity contribution in [2.45, 2.75) is 56.7 Å².